The molecule has 1 saturated heterocycles. The lowest BCUT2D eigenvalue weighted by Gasteiger charge is -2.39. The van der Waals surface area contributed by atoms with E-state index in [9.17, 15) is 9.18 Å². The summed E-state index contributed by atoms with van der Waals surface area (Å²) in [5, 5.41) is 0. The Morgan fingerprint density at radius 1 is 1.43 bits per heavy atom. The lowest BCUT2D eigenvalue weighted by molar-refractivity contribution is 0.00793. The third kappa shape index (κ3) is 4.17. The summed E-state index contributed by atoms with van der Waals surface area (Å²) in [7, 11) is 0. The second kappa shape index (κ2) is 6.02. The molecule has 0 aromatic heterocycles. The zero-order valence-electron chi connectivity index (χ0n) is 12.8. The van der Waals surface area contributed by atoms with Crippen LogP contribution in [0.15, 0.2) is 24.3 Å². The van der Waals surface area contributed by atoms with Crippen molar-refractivity contribution in [2.75, 3.05) is 6.54 Å². The number of halogens is 1. The highest BCUT2D eigenvalue weighted by Crippen LogP contribution is 2.32. The van der Waals surface area contributed by atoms with Crippen molar-refractivity contribution in [2.24, 2.45) is 5.73 Å². The van der Waals surface area contributed by atoms with E-state index in [1.54, 1.807) is 11.0 Å². The van der Waals surface area contributed by atoms with Crippen LogP contribution in [-0.4, -0.2) is 29.2 Å². The van der Waals surface area contributed by atoms with Crippen molar-refractivity contribution in [2.45, 2.75) is 51.3 Å². The molecular formula is C16H23FN2O2. The molecule has 4 nitrogen and oxygen atoms in total. The molecule has 0 saturated carbocycles. The number of hydrogen-bond acceptors (Lipinski definition) is 3. The van der Waals surface area contributed by atoms with Gasteiger partial charge in [0, 0.05) is 12.6 Å². The monoisotopic (exact) mass is 294 g/mol. The predicted molar refractivity (Wildman–Crippen MR) is 79.3 cm³/mol. The van der Waals surface area contributed by atoms with Crippen LogP contribution in [0.5, 0.6) is 0 Å². The molecule has 2 N–H and O–H groups in total. The number of carbonyl (C=O) groups is 1. The van der Waals surface area contributed by atoms with Crippen LogP contribution < -0.4 is 5.73 Å². The number of piperidine rings is 1. The van der Waals surface area contributed by atoms with Crippen LogP contribution in [0.2, 0.25) is 0 Å². The Morgan fingerprint density at radius 2 is 2.14 bits per heavy atom. The maximum Gasteiger partial charge on any atom is 0.410 e. The van der Waals surface area contributed by atoms with Gasteiger partial charge >= 0.3 is 6.09 Å². The molecule has 1 fully saturated rings. The maximum atomic E-state index is 13.5. The molecule has 1 heterocycles. The topological polar surface area (TPSA) is 55.6 Å². The molecule has 1 aliphatic heterocycles. The molecule has 0 bridgehead atoms. The van der Waals surface area contributed by atoms with Crippen LogP contribution in [-0.2, 0) is 4.74 Å². The quantitative estimate of drug-likeness (QED) is 0.865. The van der Waals surface area contributed by atoms with Crippen molar-refractivity contribution >= 4 is 6.09 Å². The van der Waals surface area contributed by atoms with Gasteiger partial charge in [-0.25, -0.2) is 9.18 Å². The normalized spacial score (nSPS) is 23.0. The van der Waals surface area contributed by atoms with Gasteiger partial charge in [-0.3, -0.25) is 0 Å². The molecule has 0 aliphatic carbocycles. The molecule has 5 heteroatoms. The maximum absolute atomic E-state index is 13.5. The number of carbonyl (C=O) groups excluding carboxylic acids is 1. The van der Waals surface area contributed by atoms with E-state index in [0.717, 1.165) is 12.0 Å². The summed E-state index contributed by atoms with van der Waals surface area (Å²) in [4.78, 5) is 14.0. The number of hydrogen-bond donors (Lipinski definition) is 1. The molecule has 2 atom stereocenters. The number of benzene rings is 1. The molecule has 1 unspecified atom stereocenters. The summed E-state index contributed by atoms with van der Waals surface area (Å²) in [6.07, 6.45) is 0.969. The minimum atomic E-state index is -0.552. The van der Waals surface area contributed by atoms with Gasteiger partial charge in [-0.05, 0) is 51.3 Å². The molecule has 0 spiro atoms. The second-order valence-corrected chi connectivity index (χ2v) is 6.53. The van der Waals surface area contributed by atoms with Gasteiger partial charge < -0.3 is 15.4 Å². The van der Waals surface area contributed by atoms with Gasteiger partial charge in [0.05, 0.1) is 6.04 Å². The first-order valence-electron chi connectivity index (χ1n) is 7.27. The standard InChI is InChI=1S/C16H23FN2O2/c1-16(2,3)21-15(20)19-8-7-13(18)10-14(19)11-5-4-6-12(17)9-11/h4-6,9,13-14H,7-8,10,18H2,1-3H3/t13?,14-/m0/s1. The van der Waals surface area contributed by atoms with E-state index in [0.29, 0.717) is 13.0 Å². The van der Waals surface area contributed by atoms with Gasteiger partial charge in [-0.15, -0.1) is 0 Å². The fourth-order valence-corrected chi connectivity index (χ4v) is 2.56. The van der Waals surface area contributed by atoms with E-state index in [1.165, 1.54) is 12.1 Å². The largest absolute Gasteiger partial charge is 0.444 e. The first-order chi connectivity index (χ1) is 9.76. The van der Waals surface area contributed by atoms with Gasteiger partial charge in [-0.2, -0.15) is 0 Å². The molecule has 1 amide bonds. The van der Waals surface area contributed by atoms with Gasteiger partial charge in [0.15, 0.2) is 0 Å². The van der Waals surface area contributed by atoms with E-state index in [-0.39, 0.29) is 24.0 Å². The third-order valence-corrected chi connectivity index (χ3v) is 3.50. The van der Waals surface area contributed by atoms with Crippen LogP contribution in [0.25, 0.3) is 0 Å². The number of amides is 1. The van der Waals surface area contributed by atoms with Gasteiger partial charge in [0.2, 0.25) is 0 Å². The fourth-order valence-electron chi connectivity index (χ4n) is 2.56. The Morgan fingerprint density at radius 3 is 2.76 bits per heavy atom. The van der Waals surface area contributed by atoms with Crippen molar-refractivity contribution in [1.82, 2.24) is 4.90 Å². The first kappa shape index (κ1) is 15.8. The van der Waals surface area contributed by atoms with Crippen molar-refractivity contribution in [3.05, 3.63) is 35.6 Å². The smallest absolute Gasteiger partial charge is 0.410 e. The van der Waals surface area contributed by atoms with E-state index in [4.69, 9.17) is 10.5 Å². The zero-order chi connectivity index (χ0) is 15.6. The molecule has 116 valence electrons. The van der Waals surface area contributed by atoms with Crippen LogP contribution in [0.3, 0.4) is 0 Å². The average molecular weight is 294 g/mol. The summed E-state index contributed by atoms with van der Waals surface area (Å²) in [5.41, 5.74) is 6.23. The Labute approximate surface area is 125 Å². The highest BCUT2D eigenvalue weighted by molar-refractivity contribution is 5.69. The third-order valence-electron chi connectivity index (χ3n) is 3.50. The molecule has 1 aromatic rings. The average Bonchev–Trinajstić information content (AvgIpc) is 2.36. The minimum Gasteiger partial charge on any atom is -0.444 e. The Bertz CT molecular complexity index is 513. The highest BCUT2D eigenvalue weighted by atomic mass is 19.1. The van der Waals surface area contributed by atoms with Gasteiger partial charge in [-0.1, -0.05) is 12.1 Å². The summed E-state index contributed by atoms with van der Waals surface area (Å²) < 4.78 is 18.9. The van der Waals surface area contributed by atoms with Crippen LogP contribution in [0.1, 0.15) is 45.2 Å². The van der Waals surface area contributed by atoms with Gasteiger partial charge in [0.1, 0.15) is 11.4 Å². The lowest BCUT2D eigenvalue weighted by Crippen LogP contribution is -2.46. The summed E-state index contributed by atoms with van der Waals surface area (Å²) in [5.74, 6) is -0.309. The molecule has 2 rings (SSSR count). The number of rotatable bonds is 1. The van der Waals surface area contributed by atoms with Gasteiger partial charge in [0.25, 0.3) is 0 Å². The summed E-state index contributed by atoms with van der Waals surface area (Å²) >= 11 is 0. The van der Waals surface area contributed by atoms with E-state index in [1.807, 2.05) is 26.8 Å². The second-order valence-electron chi connectivity index (χ2n) is 6.53. The number of likely N-dealkylation sites (tertiary alicyclic amines) is 1. The zero-order valence-corrected chi connectivity index (χ0v) is 12.8. The fraction of sp³-hybridized carbons (Fsp3) is 0.562. The van der Waals surface area contributed by atoms with Crippen molar-refractivity contribution < 1.29 is 13.9 Å². The lowest BCUT2D eigenvalue weighted by atomic mass is 9.92. The van der Waals surface area contributed by atoms with Crippen molar-refractivity contribution in [1.29, 1.82) is 0 Å². The first-order valence-corrected chi connectivity index (χ1v) is 7.27. The molecule has 21 heavy (non-hydrogen) atoms. The Kier molecular flexibility index (Phi) is 4.52. The number of nitrogens with two attached hydrogens (primary N) is 1. The van der Waals surface area contributed by atoms with Crippen LogP contribution in [0, 0.1) is 5.82 Å². The SMILES string of the molecule is CC(C)(C)OC(=O)N1CCC(N)C[C@H]1c1cccc(F)c1. The number of nitrogens with zero attached hydrogens (tertiary/aromatic N) is 1. The predicted octanol–water partition coefficient (Wildman–Crippen LogP) is 3.23. The Hall–Kier alpha value is -1.62. The summed E-state index contributed by atoms with van der Waals surface area (Å²) in [6, 6.07) is 6.10. The van der Waals surface area contributed by atoms with E-state index in [2.05, 4.69) is 0 Å². The molecule has 1 aliphatic rings. The van der Waals surface area contributed by atoms with E-state index < -0.39 is 5.60 Å². The van der Waals surface area contributed by atoms with Crippen molar-refractivity contribution in [3.63, 3.8) is 0 Å². The summed E-state index contributed by atoms with van der Waals surface area (Å²) in [6.45, 7) is 6.02. The Balaban J connectivity index is 2.23. The van der Waals surface area contributed by atoms with Crippen molar-refractivity contribution in [3.8, 4) is 0 Å². The number of ether oxygens (including phenoxy) is 1. The van der Waals surface area contributed by atoms with Crippen LogP contribution in [0.4, 0.5) is 9.18 Å². The van der Waals surface area contributed by atoms with Crippen LogP contribution >= 0.6 is 0 Å². The highest BCUT2D eigenvalue weighted by Gasteiger charge is 2.34. The van der Waals surface area contributed by atoms with E-state index >= 15 is 0 Å². The molecular weight excluding hydrogens is 271 g/mol. The molecule has 0 radical (unpaired) electrons. The molecule has 1 aromatic carbocycles. The minimum absolute atomic E-state index is 0.0111.